The summed E-state index contributed by atoms with van der Waals surface area (Å²) in [5, 5.41) is 0.809. The Bertz CT molecular complexity index is 1410. The number of anilines is 2. The summed E-state index contributed by atoms with van der Waals surface area (Å²) in [7, 11) is -4.84. The van der Waals surface area contributed by atoms with E-state index in [1.165, 1.54) is 18.2 Å². The SMILES string of the molecule is O=S(=O)(O)N(C1=C[C]=NC1(Cl)c1ccc2nccc(N3CCOCC3)c2c1)c1ccc(F)cc1. The monoisotopic (exact) mass is 501 g/mol. The van der Waals surface area contributed by atoms with Gasteiger partial charge in [-0.3, -0.25) is 9.54 Å². The molecule has 3 heterocycles. The van der Waals surface area contributed by atoms with Crippen molar-refractivity contribution in [2.24, 2.45) is 4.99 Å². The maximum absolute atomic E-state index is 13.5. The minimum absolute atomic E-state index is 0.00413. The quantitative estimate of drug-likeness (QED) is 0.325. The Kier molecular flexibility index (Phi) is 5.76. The summed E-state index contributed by atoms with van der Waals surface area (Å²) in [4.78, 5) is 9.13. The van der Waals surface area contributed by atoms with Crippen molar-refractivity contribution in [3.63, 3.8) is 0 Å². The zero-order chi connectivity index (χ0) is 23.9. The van der Waals surface area contributed by atoms with Crippen LogP contribution in [0.15, 0.2) is 71.5 Å². The third-order valence-electron chi connectivity index (χ3n) is 5.72. The lowest BCUT2D eigenvalue weighted by atomic mass is 10.0. The summed E-state index contributed by atoms with van der Waals surface area (Å²) < 4.78 is 54.3. The van der Waals surface area contributed by atoms with Gasteiger partial charge in [0.15, 0.2) is 0 Å². The summed E-state index contributed by atoms with van der Waals surface area (Å²) >= 11 is 6.94. The van der Waals surface area contributed by atoms with Gasteiger partial charge in [0.05, 0.1) is 36.3 Å². The van der Waals surface area contributed by atoms with Crippen molar-refractivity contribution in [1.82, 2.24) is 4.98 Å². The Labute approximate surface area is 200 Å². The highest BCUT2D eigenvalue weighted by Gasteiger charge is 2.43. The second-order valence-corrected chi connectivity index (χ2v) is 9.58. The normalized spacial score (nSPS) is 20.6. The van der Waals surface area contributed by atoms with Gasteiger partial charge in [0.1, 0.15) is 5.82 Å². The Balaban J connectivity index is 1.62. The number of halogens is 2. The molecule has 2 aromatic carbocycles. The Morgan fingerprint density at radius 3 is 2.59 bits per heavy atom. The third-order valence-corrected chi connectivity index (χ3v) is 7.09. The van der Waals surface area contributed by atoms with Crippen LogP contribution in [-0.2, 0) is 20.0 Å². The zero-order valence-corrected chi connectivity index (χ0v) is 19.3. The summed E-state index contributed by atoms with van der Waals surface area (Å²) in [5.74, 6) is -0.558. The number of aliphatic imine (C=N–C) groups is 1. The Hall–Kier alpha value is -3.05. The molecule has 0 spiro atoms. The molecule has 8 nitrogen and oxygen atoms in total. The van der Waals surface area contributed by atoms with E-state index in [9.17, 15) is 17.4 Å². The molecular formula is C23H19ClFN4O4S. The highest BCUT2D eigenvalue weighted by Crippen LogP contribution is 2.45. The fraction of sp³-hybridized carbons (Fsp3) is 0.217. The molecule has 1 aromatic heterocycles. The molecule has 1 N–H and O–H groups in total. The average molecular weight is 502 g/mol. The standard InChI is InChI=1S/C23H19ClFN4O4S/c24-23(22(8-10-27-23)29(34(30,31)32)18-4-2-17(25)3-5-18)16-1-6-20-19(15-16)21(7-9-26-20)28-11-13-33-14-12-28/h1-9,15H,11-14H2,(H,30,31,32). The number of morpholine rings is 1. The van der Waals surface area contributed by atoms with E-state index >= 15 is 0 Å². The molecule has 1 radical (unpaired) electrons. The molecule has 0 amide bonds. The van der Waals surface area contributed by atoms with Crippen LogP contribution in [0.3, 0.4) is 0 Å². The number of aromatic nitrogens is 1. The molecule has 1 fully saturated rings. The van der Waals surface area contributed by atoms with E-state index in [1.807, 2.05) is 6.07 Å². The van der Waals surface area contributed by atoms with Crippen LogP contribution in [-0.4, -0.2) is 50.5 Å². The van der Waals surface area contributed by atoms with Gasteiger partial charge < -0.3 is 9.64 Å². The molecule has 175 valence electrons. The summed E-state index contributed by atoms with van der Waals surface area (Å²) in [6.07, 6.45) is 5.62. The number of fused-ring (bicyclic) bond motifs is 1. The van der Waals surface area contributed by atoms with Crippen LogP contribution < -0.4 is 9.21 Å². The van der Waals surface area contributed by atoms with Crippen LogP contribution in [0, 0.1) is 5.82 Å². The van der Waals surface area contributed by atoms with Crippen molar-refractivity contribution < 1.29 is 22.1 Å². The molecular weight excluding hydrogens is 483 g/mol. The van der Waals surface area contributed by atoms with Crippen LogP contribution in [0.25, 0.3) is 10.9 Å². The number of alkyl halides is 1. The van der Waals surface area contributed by atoms with Crippen LogP contribution in [0.2, 0.25) is 0 Å². The lowest BCUT2D eigenvalue weighted by Crippen LogP contribution is -2.37. The number of pyridine rings is 1. The number of ether oxygens (including phenoxy) is 1. The van der Waals surface area contributed by atoms with Gasteiger partial charge in [-0.2, -0.15) is 8.42 Å². The predicted octanol–water partition coefficient (Wildman–Crippen LogP) is 3.76. The summed E-state index contributed by atoms with van der Waals surface area (Å²) in [6.45, 7) is 2.65. The summed E-state index contributed by atoms with van der Waals surface area (Å²) in [5.41, 5.74) is 2.05. The maximum atomic E-state index is 13.5. The van der Waals surface area contributed by atoms with E-state index in [2.05, 4.69) is 21.1 Å². The number of allylic oxidation sites excluding steroid dienone is 1. The highest BCUT2D eigenvalue weighted by molar-refractivity contribution is 7.87. The van der Waals surface area contributed by atoms with Gasteiger partial charge in [-0.1, -0.05) is 17.7 Å². The molecule has 0 bridgehead atoms. The van der Waals surface area contributed by atoms with Gasteiger partial charge in [0.2, 0.25) is 5.00 Å². The van der Waals surface area contributed by atoms with E-state index < -0.39 is 21.1 Å². The van der Waals surface area contributed by atoms with Crippen LogP contribution in [0.1, 0.15) is 5.56 Å². The number of hydrogen-bond acceptors (Lipinski definition) is 6. The van der Waals surface area contributed by atoms with Crippen molar-refractivity contribution >= 4 is 50.4 Å². The first-order valence-corrected chi connectivity index (χ1v) is 12.2. The lowest BCUT2D eigenvalue weighted by molar-refractivity contribution is 0.123. The summed E-state index contributed by atoms with van der Waals surface area (Å²) in [6, 6.07) is 11.8. The Morgan fingerprint density at radius 2 is 1.88 bits per heavy atom. The van der Waals surface area contributed by atoms with E-state index in [-0.39, 0.29) is 11.4 Å². The molecule has 3 aromatic rings. The van der Waals surface area contributed by atoms with Gasteiger partial charge in [0.25, 0.3) is 0 Å². The molecule has 34 heavy (non-hydrogen) atoms. The van der Waals surface area contributed by atoms with Gasteiger partial charge in [0, 0.05) is 35.9 Å². The van der Waals surface area contributed by atoms with Crippen molar-refractivity contribution in [2.75, 3.05) is 35.5 Å². The third kappa shape index (κ3) is 4.03. The van der Waals surface area contributed by atoms with Gasteiger partial charge in [-0.25, -0.2) is 13.7 Å². The lowest BCUT2D eigenvalue weighted by Gasteiger charge is -2.32. The number of rotatable bonds is 5. The number of benzene rings is 2. The number of nitrogens with zero attached hydrogens (tertiary/aromatic N) is 4. The first kappa shape index (κ1) is 22.7. The molecule has 2 aliphatic rings. The minimum atomic E-state index is -4.84. The molecule has 1 atom stereocenters. The average Bonchev–Trinajstić information content (AvgIpc) is 3.21. The smallest absolute Gasteiger partial charge is 0.364 e. The fourth-order valence-corrected chi connectivity index (χ4v) is 5.31. The fourth-order valence-electron chi connectivity index (χ4n) is 4.13. The van der Waals surface area contributed by atoms with E-state index in [1.54, 1.807) is 24.4 Å². The van der Waals surface area contributed by atoms with Crippen LogP contribution in [0.5, 0.6) is 0 Å². The van der Waals surface area contributed by atoms with E-state index in [0.29, 0.717) is 36.2 Å². The molecule has 2 aliphatic heterocycles. The van der Waals surface area contributed by atoms with E-state index in [4.69, 9.17) is 16.3 Å². The molecule has 5 rings (SSSR count). The van der Waals surface area contributed by atoms with Gasteiger partial charge in [-0.15, -0.1) is 0 Å². The molecule has 0 aliphatic carbocycles. The van der Waals surface area contributed by atoms with E-state index in [0.717, 1.165) is 28.7 Å². The number of hydrogen-bond donors (Lipinski definition) is 1. The van der Waals surface area contributed by atoms with Crippen LogP contribution >= 0.6 is 11.6 Å². The molecule has 11 heteroatoms. The van der Waals surface area contributed by atoms with Crippen molar-refractivity contribution in [1.29, 1.82) is 0 Å². The molecule has 1 unspecified atom stereocenters. The Morgan fingerprint density at radius 1 is 1.15 bits per heavy atom. The highest BCUT2D eigenvalue weighted by atomic mass is 35.5. The predicted molar refractivity (Wildman–Crippen MR) is 128 cm³/mol. The molecule has 0 saturated carbocycles. The van der Waals surface area contributed by atoms with Crippen molar-refractivity contribution in [3.05, 3.63) is 77.9 Å². The van der Waals surface area contributed by atoms with Crippen molar-refractivity contribution in [2.45, 2.75) is 5.00 Å². The van der Waals surface area contributed by atoms with Gasteiger partial charge >= 0.3 is 10.3 Å². The van der Waals surface area contributed by atoms with Gasteiger partial charge in [-0.05, 0) is 48.5 Å². The molecule has 1 saturated heterocycles. The second-order valence-electron chi connectivity index (χ2n) is 7.77. The largest absolute Gasteiger partial charge is 0.378 e. The second kappa shape index (κ2) is 8.62. The first-order valence-electron chi connectivity index (χ1n) is 10.4. The minimum Gasteiger partial charge on any atom is -0.378 e. The maximum Gasteiger partial charge on any atom is 0.364 e. The van der Waals surface area contributed by atoms with Crippen LogP contribution in [0.4, 0.5) is 15.8 Å². The van der Waals surface area contributed by atoms with Crippen molar-refractivity contribution in [3.8, 4) is 0 Å². The topological polar surface area (TPSA) is 95.3 Å². The zero-order valence-electron chi connectivity index (χ0n) is 17.7. The first-order chi connectivity index (χ1) is 16.3.